The van der Waals surface area contributed by atoms with Gasteiger partial charge in [-0.05, 0) is 6.42 Å². The fourth-order valence-electron chi connectivity index (χ4n) is 1.67. The molecule has 3 nitrogen and oxygen atoms in total. The summed E-state index contributed by atoms with van der Waals surface area (Å²) in [5.74, 6) is -2.67. The molecule has 96 valence electrons. The predicted octanol–water partition coefficient (Wildman–Crippen LogP) is 2.00. The number of nitrogens with two attached hydrogens (primary N) is 1. The van der Waals surface area contributed by atoms with Gasteiger partial charge in [-0.15, -0.1) is 0 Å². The predicted molar refractivity (Wildman–Crippen MR) is 60.1 cm³/mol. The van der Waals surface area contributed by atoms with Crippen molar-refractivity contribution in [1.29, 1.82) is 0 Å². The largest absolute Gasteiger partial charge is 0.326 e. The third kappa shape index (κ3) is 2.70. The molecule has 2 N–H and O–H groups in total. The molecule has 0 amide bonds. The van der Waals surface area contributed by atoms with Crippen LogP contribution in [0.4, 0.5) is 13.2 Å². The lowest BCUT2D eigenvalue weighted by molar-refractivity contribution is 0.507. The molecule has 0 saturated heterocycles. The van der Waals surface area contributed by atoms with Gasteiger partial charge in [0.1, 0.15) is 17.5 Å². The SMILES string of the molecule is NCc1cnn(CCc2c(F)cc(F)cc2F)c1. The molecule has 2 aromatic rings. The summed E-state index contributed by atoms with van der Waals surface area (Å²) in [6, 6.07) is 1.35. The average Bonchev–Trinajstić information content (AvgIpc) is 2.75. The Balaban J connectivity index is 2.10. The Hall–Kier alpha value is -1.82. The molecule has 18 heavy (non-hydrogen) atoms. The van der Waals surface area contributed by atoms with Crippen molar-refractivity contribution in [3.8, 4) is 0 Å². The van der Waals surface area contributed by atoms with Crippen LogP contribution in [0.3, 0.4) is 0 Å². The molecule has 0 unspecified atom stereocenters. The van der Waals surface area contributed by atoms with Crippen molar-refractivity contribution in [2.45, 2.75) is 19.5 Å². The first-order chi connectivity index (χ1) is 8.60. The lowest BCUT2D eigenvalue weighted by Gasteiger charge is -2.05. The van der Waals surface area contributed by atoms with E-state index in [1.165, 1.54) is 0 Å². The molecular formula is C12H12F3N3. The summed E-state index contributed by atoms with van der Waals surface area (Å²) in [6.07, 6.45) is 3.40. The lowest BCUT2D eigenvalue weighted by atomic mass is 10.1. The normalized spacial score (nSPS) is 10.9. The van der Waals surface area contributed by atoms with E-state index in [0.29, 0.717) is 25.2 Å². The lowest BCUT2D eigenvalue weighted by Crippen LogP contribution is -2.06. The summed E-state index contributed by atoms with van der Waals surface area (Å²) >= 11 is 0. The number of hydrogen-bond acceptors (Lipinski definition) is 2. The maximum absolute atomic E-state index is 13.4. The van der Waals surface area contributed by atoms with Gasteiger partial charge in [0.15, 0.2) is 0 Å². The zero-order chi connectivity index (χ0) is 13.1. The van der Waals surface area contributed by atoms with E-state index in [1.807, 2.05) is 0 Å². The van der Waals surface area contributed by atoms with Gasteiger partial charge >= 0.3 is 0 Å². The highest BCUT2D eigenvalue weighted by Gasteiger charge is 2.11. The molecule has 0 aliphatic rings. The van der Waals surface area contributed by atoms with Crippen LogP contribution in [0.5, 0.6) is 0 Å². The van der Waals surface area contributed by atoms with Crippen LogP contribution in [-0.4, -0.2) is 9.78 Å². The Bertz CT molecular complexity index is 528. The zero-order valence-corrected chi connectivity index (χ0v) is 9.54. The summed E-state index contributed by atoms with van der Waals surface area (Å²) in [5, 5.41) is 4.00. The third-order valence-corrected chi connectivity index (χ3v) is 2.62. The monoisotopic (exact) mass is 255 g/mol. The quantitative estimate of drug-likeness (QED) is 0.908. The average molecular weight is 255 g/mol. The first-order valence-corrected chi connectivity index (χ1v) is 5.45. The van der Waals surface area contributed by atoms with Crippen LogP contribution < -0.4 is 5.73 Å². The molecule has 1 heterocycles. The van der Waals surface area contributed by atoms with Crippen LogP contribution in [0.25, 0.3) is 0 Å². The number of aromatic nitrogens is 2. The van der Waals surface area contributed by atoms with E-state index >= 15 is 0 Å². The van der Waals surface area contributed by atoms with Gasteiger partial charge in [0, 0.05) is 42.5 Å². The molecule has 0 atom stereocenters. The molecule has 1 aromatic heterocycles. The topological polar surface area (TPSA) is 43.8 Å². The molecular weight excluding hydrogens is 243 g/mol. The van der Waals surface area contributed by atoms with Crippen molar-refractivity contribution >= 4 is 0 Å². The molecule has 0 bridgehead atoms. The Morgan fingerprint density at radius 1 is 1.17 bits per heavy atom. The van der Waals surface area contributed by atoms with Gasteiger partial charge in [0.05, 0.1) is 6.20 Å². The summed E-state index contributed by atoms with van der Waals surface area (Å²) in [4.78, 5) is 0. The van der Waals surface area contributed by atoms with Crippen LogP contribution in [0.15, 0.2) is 24.5 Å². The van der Waals surface area contributed by atoms with Crippen LogP contribution in [0.2, 0.25) is 0 Å². The molecule has 2 rings (SSSR count). The van der Waals surface area contributed by atoms with Crippen molar-refractivity contribution in [2.24, 2.45) is 5.73 Å². The van der Waals surface area contributed by atoms with Crippen molar-refractivity contribution in [2.75, 3.05) is 0 Å². The Labute approximate surface area is 102 Å². The summed E-state index contributed by atoms with van der Waals surface area (Å²) in [7, 11) is 0. The summed E-state index contributed by atoms with van der Waals surface area (Å²) in [5.41, 5.74) is 6.13. The van der Waals surface area contributed by atoms with Gasteiger partial charge in [0.2, 0.25) is 0 Å². The van der Waals surface area contributed by atoms with Crippen molar-refractivity contribution in [1.82, 2.24) is 9.78 Å². The minimum absolute atomic E-state index is 0.101. The van der Waals surface area contributed by atoms with Gasteiger partial charge in [0.25, 0.3) is 0 Å². The smallest absolute Gasteiger partial charge is 0.132 e. The van der Waals surface area contributed by atoms with Gasteiger partial charge in [-0.25, -0.2) is 13.2 Å². The second kappa shape index (κ2) is 5.22. The van der Waals surface area contributed by atoms with E-state index in [9.17, 15) is 13.2 Å². The first-order valence-electron chi connectivity index (χ1n) is 5.45. The van der Waals surface area contributed by atoms with E-state index in [0.717, 1.165) is 5.56 Å². The molecule has 0 aliphatic carbocycles. The van der Waals surface area contributed by atoms with E-state index in [2.05, 4.69) is 5.10 Å². The van der Waals surface area contributed by atoms with Gasteiger partial charge in [-0.1, -0.05) is 0 Å². The number of aryl methyl sites for hydroxylation is 1. The minimum Gasteiger partial charge on any atom is -0.326 e. The maximum atomic E-state index is 13.4. The Morgan fingerprint density at radius 3 is 2.39 bits per heavy atom. The highest BCUT2D eigenvalue weighted by atomic mass is 19.1. The van der Waals surface area contributed by atoms with Crippen LogP contribution in [-0.2, 0) is 19.5 Å². The highest BCUT2D eigenvalue weighted by Crippen LogP contribution is 2.15. The van der Waals surface area contributed by atoms with Crippen molar-refractivity contribution in [3.05, 3.63) is 53.1 Å². The fourth-order valence-corrected chi connectivity index (χ4v) is 1.67. The van der Waals surface area contributed by atoms with Crippen LogP contribution >= 0.6 is 0 Å². The zero-order valence-electron chi connectivity index (χ0n) is 9.54. The second-order valence-corrected chi connectivity index (χ2v) is 3.91. The number of rotatable bonds is 4. The number of hydrogen-bond donors (Lipinski definition) is 1. The minimum atomic E-state index is -0.918. The maximum Gasteiger partial charge on any atom is 0.132 e. The van der Waals surface area contributed by atoms with Crippen LogP contribution in [0, 0.1) is 17.5 Å². The molecule has 6 heteroatoms. The van der Waals surface area contributed by atoms with Crippen molar-refractivity contribution < 1.29 is 13.2 Å². The third-order valence-electron chi connectivity index (χ3n) is 2.62. The molecule has 1 aromatic carbocycles. The van der Waals surface area contributed by atoms with E-state index in [4.69, 9.17) is 5.73 Å². The second-order valence-electron chi connectivity index (χ2n) is 3.91. The van der Waals surface area contributed by atoms with E-state index in [1.54, 1.807) is 17.1 Å². The number of benzene rings is 1. The molecule has 0 spiro atoms. The molecule has 0 radical (unpaired) electrons. The summed E-state index contributed by atoms with van der Waals surface area (Å²) in [6.45, 7) is 0.665. The van der Waals surface area contributed by atoms with Crippen molar-refractivity contribution in [3.63, 3.8) is 0 Å². The van der Waals surface area contributed by atoms with Gasteiger partial charge in [-0.2, -0.15) is 5.10 Å². The highest BCUT2D eigenvalue weighted by molar-refractivity contribution is 5.21. The first kappa shape index (κ1) is 12.6. The number of halogens is 3. The van der Waals surface area contributed by atoms with Gasteiger partial charge < -0.3 is 5.73 Å². The molecule has 0 fully saturated rings. The Kier molecular flexibility index (Phi) is 3.66. The van der Waals surface area contributed by atoms with E-state index < -0.39 is 17.5 Å². The van der Waals surface area contributed by atoms with E-state index in [-0.39, 0.29) is 12.0 Å². The van der Waals surface area contributed by atoms with Crippen LogP contribution in [0.1, 0.15) is 11.1 Å². The standard InChI is InChI=1S/C12H12F3N3/c13-9-3-11(14)10(12(15)4-9)1-2-18-7-8(5-16)6-17-18/h3-4,6-7H,1-2,5,16H2. The number of nitrogens with zero attached hydrogens (tertiary/aromatic N) is 2. The fraction of sp³-hybridized carbons (Fsp3) is 0.250. The van der Waals surface area contributed by atoms with Gasteiger partial charge in [-0.3, -0.25) is 4.68 Å². The molecule has 0 aliphatic heterocycles. The Morgan fingerprint density at radius 2 is 1.83 bits per heavy atom. The molecule has 0 saturated carbocycles. The summed E-state index contributed by atoms with van der Waals surface area (Å²) < 4.78 is 41.0.